The van der Waals surface area contributed by atoms with Gasteiger partial charge < -0.3 is 15.0 Å². The van der Waals surface area contributed by atoms with Crippen molar-refractivity contribution in [3.8, 4) is 0 Å². The van der Waals surface area contributed by atoms with Crippen LogP contribution in [0.25, 0.3) is 0 Å². The van der Waals surface area contributed by atoms with Gasteiger partial charge in [-0.3, -0.25) is 4.79 Å². The van der Waals surface area contributed by atoms with Gasteiger partial charge in [0.2, 0.25) is 0 Å². The van der Waals surface area contributed by atoms with Crippen molar-refractivity contribution in [1.29, 1.82) is 0 Å². The number of para-hydroxylation sites is 1. The minimum Gasteiger partial charge on any atom is -0.466 e. The third-order valence-corrected chi connectivity index (χ3v) is 3.69. The zero-order chi connectivity index (χ0) is 17.1. The number of methoxy groups -OCH3 is 1. The van der Waals surface area contributed by atoms with Gasteiger partial charge in [0.1, 0.15) is 11.5 Å². The zero-order valence-electron chi connectivity index (χ0n) is 13.0. The number of nitrogens with one attached hydrogen (secondary N) is 1. The molecule has 0 spiro atoms. The number of ether oxygens (including phenoxy) is 1. The van der Waals surface area contributed by atoms with E-state index in [0.717, 1.165) is 0 Å². The maximum absolute atomic E-state index is 13.1. The van der Waals surface area contributed by atoms with E-state index in [9.17, 15) is 14.0 Å². The van der Waals surface area contributed by atoms with Crippen molar-refractivity contribution in [2.45, 2.75) is 0 Å². The number of hydrogen-bond donors (Lipinski definition) is 1. The van der Waals surface area contributed by atoms with Gasteiger partial charge in [0.25, 0.3) is 5.91 Å². The highest BCUT2D eigenvalue weighted by molar-refractivity contribution is 6.16. The first-order valence-electron chi connectivity index (χ1n) is 7.31. The number of halogens is 1. The van der Waals surface area contributed by atoms with Gasteiger partial charge in [-0.1, -0.05) is 18.2 Å². The molecule has 1 N–H and O–H groups in total. The molecule has 0 fully saturated rings. The summed E-state index contributed by atoms with van der Waals surface area (Å²) in [7, 11) is 1.26. The zero-order valence-corrected chi connectivity index (χ0v) is 13.0. The molecular formula is C18H15FN2O3. The Labute approximate surface area is 138 Å². The van der Waals surface area contributed by atoms with Crippen molar-refractivity contribution >= 4 is 23.3 Å². The Morgan fingerprint density at radius 3 is 2.42 bits per heavy atom. The quantitative estimate of drug-likeness (QED) is 0.878. The van der Waals surface area contributed by atoms with Crippen LogP contribution in [0.2, 0.25) is 0 Å². The number of benzene rings is 2. The normalized spacial score (nSPS) is 14.1. The van der Waals surface area contributed by atoms with E-state index in [4.69, 9.17) is 4.74 Å². The molecular weight excluding hydrogens is 311 g/mol. The highest BCUT2D eigenvalue weighted by Gasteiger charge is 2.35. The van der Waals surface area contributed by atoms with Crippen molar-refractivity contribution in [1.82, 2.24) is 0 Å². The van der Waals surface area contributed by atoms with E-state index >= 15 is 0 Å². The van der Waals surface area contributed by atoms with Gasteiger partial charge in [0.05, 0.1) is 19.2 Å². The lowest BCUT2D eigenvalue weighted by molar-refractivity contribution is -0.136. The van der Waals surface area contributed by atoms with E-state index in [1.807, 2.05) is 18.2 Å². The number of hydrogen-bond acceptors (Lipinski definition) is 4. The van der Waals surface area contributed by atoms with Crippen LogP contribution in [0.15, 0.2) is 65.9 Å². The molecule has 0 bridgehead atoms. The van der Waals surface area contributed by atoms with Gasteiger partial charge in [-0.25, -0.2) is 9.18 Å². The summed E-state index contributed by atoms with van der Waals surface area (Å²) in [5.74, 6) is -1.34. The van der Waals surface area contributed by atoms with Gasteiger partial charge in [0, 0.05) is 11.4 Å². The molecule has 1 amide bonds. The Hall–Kier alpha value is -3.15. The number of rotatable bonds is 4. The van der Waals surface area contributed by atoms with Crippen molar-refractivity contribution in [2.24, 2.45) is 0 Å². The van der Waals surface area contributed by atoms with Crippen LogP contribution in [0.3, 0.4) is 0 Å². The lowest BCUT2D eigenvalue weighted by Crippen LogP contribution is -2.28. The summed E-state index contributed by atoms with van der Waals surface area (Å²) in [6.45, 7) is 0.0618. The highest BCUT2D eigenvalue weighted by Crippen LogP contribution is 2.27. The molecule has 1 heterocycles. The highest BCUT2D eigenvalue weighted by atomic mass is 19.1. The monoisotopic (exact) mass is 326 g/mol. The third kappa shape index (κ3) is 2.99. The third-order valence-electron chi connectivity index (χ3n) is 3.69. The lowest BCUT2D eigenvalue weighted by Gasteiger charge is -2.17. The average molecular weight is 326 g/mol. The smallest absolute Gasteiger partial charge is 0.337 e. The number of amides is 1. The number of carbonyl (C=O) groups excluding carboxylic acids is 2. The lowest BCUT2D eigenvalue weighted by atomic mass is 10.2. The van der Waals surface area contributed by atoms with Gasteiger partial charge in [0.15, 0.2) is 0 Å². The van der Waals surface area contributed by atoms with Crippen LogP contribution in [-0.2, 0) is 14.3 Å². The Balaban J connectivity index is 1.94. The van der Waals surface area contributed by atoms with Crippen molar-refractivity contribution in [3.05, 3.63) is 71.7 Å². The topological polar surface area (TPSA) is 58.6 Å². The molecule has 5 nitrogen and oxygen atoms in total. The van der Waals surface area contributed by atoms with Crippen LogP contribution in [0.5, 0.6) is 0 Å². The Morgan fingerprint density at radius 2 is 1.79 bits per heavy atom. The second-order valence-electron chi connectivity index (χ2n) is 5.20. The fourth-order valence-corrected chi connectivity index (χ4v) is 2.49. The van der Waals surface area contributed by atoms with Gasteiger partial charge >= 0.3 is 5.97 Å². The maximum Gasteiger partial charge on any atom is 0.337 e. The molecule has 2 aromatic carbocycles. The number of nitrogens with zero attached hydrogens (tertiary/aromatic N) is 1. The van der Waals surface area contributed by atoms with Crippen molar-refractivity contribution < 1.29 is 18.7 Å². The fraction of sp³-hybridized carbons (Fsp3) is 0.111. The van der Waals surface area contributed by atoms with Gasteiger partial charge in [-0.15, -0.1) is 0 Å². The summed E-state index contributed by atoms with van der Waals surface area (Å²) in [5.41, 5.74) is 1.59. The first-order chi connectivity index (χ1) is 11.6. The Bertz CT molecular complexity index is 801. The van der Waals surface area contributed by atoms with E-state index in [0.29, 0.717) is 11.4 Å². The summed E-state index contributed by atoms with van der Waals surface area (Å²) in [5, 5.41) is 2.98. The molecule has 122 valence electrons. The van der Waals surface area contributed by atoms with E-state index in [1.54, 1.807) is 12.1 Å². The standard InChI is InChI=1S/C18H15FN2O3/c1-24-18(23)15-11-21(14-9-7-12(19)8-10-14)17(22)16(15)20-13-5-3-2-4-6-13/h2-10,20H,11H2,1H3. The molecule has 24 heavy (non-hydrogen) atoms. The van der Waals surface area contributed by atoms with Crippen LogP contribution < -0.4 is 10.2 Å². The van der Waals surface area contributed by atoms with Gasteiger partial charge in [-0.2, -0.15) is 0 Å². The molecule has 0 unspecified atom stereocenters. The van der Waals surface area contributed by atoms with E-state index in [1.165, 1.54) is 36.3 Å². The first-order valence-corrected chi connectivity index (χ1v) is 7.31. The van der Waals surface area contributed by atoms with Gasteiger partial charge in [-0.05, 0) is 36.4 Å². The van der Waals surface area contributed by atoms with Crippen molar-refractivity contribution in [3.63, 3.8) is 0 Å². The Morgan fingerprint density at radius 1 is 1.12 bits per heavy atom. The summed E-state index contributed by atoms with van der Waals surface area (Å²) in [4.78, 5) is 26.2. The van der Waals surface area contributed by atoms with E-state index < -0.39 is 11.8 Å². The molecule has 1 aliphatic rings. The largest absolute Gasteiger partial charge is 0.466 e. The number of esters is 1. The van der Waals surface area contributed by atoms with Crippen LogP contribution in [0, 0.1) is 5.82 Å². The number of carbonyl (C=O) groups is 2. The van der Waals surface area contributed by atoms with Crippen LogP contribution >= 0.6 is 0 Å². The number of anilines is 2. The van der Waals surface area contributed by atoms with E-state index in [-0.39, 0.29) is 23.7 Å². The molecule has 3 rings (SSSR count). The molecule has 0 saturated carbocycles. The first kappa shape index (κ1) is 15.7. The molecule has 2 aromatic rings. The minimum atomic E-state index is -0.577. The molecule has 0 saturated heterocycles. The minimum absolute atomic E-state index is 0.0618. The molecule has 0 aromatic heterocycles. The molecule has 0 aliphatic carbocycles. The predicted molar refractivity (Wildman–Crippen MR) is 87.9 cm³/mol. The van der Waals surface area contributed by atoms with Crippen LogP contribution in [0.4, 0.5) is 15.8 Å². The summed E-state index contributed by atoms with van der Waals surface area (Å²) in [6, 6.07) is 14.6. The van der Waals surface area contributed by atoms with Crippen LogP contribution in [-0.4, -0.2) is 25.5 Å². The summed E-state index contributed by atoms with van der Waals surface area (Å²) >= 11 is 0. The average Bonchev–Trinajstić information content (AvgIpc) is 2.93. The summed E-state index contributed by atoms with van der Waals surface area (Å²) in [6.07, 6.45) is 0. The summed E-state index contributed by atoms with van der Waals surface area (Å²) < 4.78 is 17.9. The SMILES string of the molecule is COC(=O)C1=C(Nc2ccccc2)C(=O)N(c2ccc(F)cc2)C1. The molecule has 6 heteroatoms. The second-order valence-corrected chi connectivity index (χ2v) is 5.20. The van der Waals surface area contributed by atoms with E-state index in [2.05, 4.69) is 5.32 Å². The maximum atomic E-state index is 13.1. The molecule has 0 radical (unpaired) electrons. The Kier molecular flexibility index (Phi) is 4.29. The molecule has 1 aliphatic heterocycles. The van der Waals surface area contributed by atoms with Crippen molar-refractivity contribution in [2.75, 3.05) is 23.9 Å². The second kappa shape index (κ2) is 6.54. The fourth-order valence-electron chi connectivity index (χ4n) is 2.49. The molecule has 0 atom stereocenters. The predicted octanol–water partition coefficient (Wildman–Crippen LogP) is 2.71. The van der Waals surface area contributed by atoms with Crippen LogP contribution in [0.1, 0.15) is 0 Å².